The van der Waals surface area contributed by atoms with E-state index in [9.17, 15) is 9.59 Å². The Morgan fingerprint density at radius 2 is 1.79 bits per heavy atom. The average Bonchev–Trinajstić information content (AvgIpc) is 2.77. The molecule has 2 aliphatic carbocycles. The first-order valence-electron chi connectivity index (χ1n) is 12.7. The van der Waals surface area contributed by atoms with Crippen LogP contribution in [0.3, 0.4) is 0 Å². The SMILES string of the molecule is CC(C)c1ccc2c(c1)CCC1[C@@](C)(C=CCCCCN)CCC[C@]21C.O=C(O)/C=C/C(=O)O. The molecule has 1 aromatic rings. The van der Waals surface area contributed by atoms with Crippen molar-refractivity contribution in [2.24, 2.45) is 17.1 Å². The van der Waals surface area contributed by atoms with Gasteiger partial charge in [0.25, 0.3) is 0 Å². The Bertz CT molecular complexity index is 887. The second-order valence-corrected chi connectivity index (χ2v) is 10.6. The summed E-state index contributed by atoms with van der Waals surface area (Å²) in [4.78, 5) is 19.1. The molecule has 3 atom stereocenters. The quantitative estimate of drug-likeness (QED) is 0.238. The van der Waals surface area contributed by atoms with Gasteiger partial charge in [-0.25, -0.2) is 9.59 Å². The fourth-order valence-electron chi connectivity index (χ4n) is 6.02. The predicted molar refractivity (Wildman–Crippen MR) is 138 cm³/mol. The standard InChI is InChI=1S/C25H39N.C4H4O4/c1-19(2)20-10-12-22-21(18-20)11-13-23-24(3,14-7-5-6-8-17-26)15-9-16-25(22,23)4;5-3(6)1-2-4(7)8/h7,10,12,14,18-19,23H,5-6,8-9,11,13,15-17,26H2,1-4H3;1-2H,(H,5,6)(H,7,8)/b;2-1+/t23?,24-,25+;/m0./s1. The molecule has 5 heteroatoms. The number of hydrogen-bond acceptors (Lipinski definition) is 3. The van der Waals surface area contributed by atoms with Gasteiger partial charge in [0, 0.05) is 12.2 Å². The van der Waals surface area contributed by atoms with Crippen LogP contribution < -0.4 is 5.73 Å². The molecular weight excluding hydrogens is 426 g/mol. The zero-order chi connectivity index (χ0) is 25.4. The number of fused-ring (bicyclic) bond motifs is 3. The van der Waals surface area contributed by atoms with Gasteiger partial charge in [-0.05, 0) is 90.8 Å². The molecule has 0 aliphatic heterocycles. The number of aryl methyl sites for hydroxylation is 1. The van der Waals surface area contributed by atoms with E-state index in [1.165, 1.54) is 50.5 Å². The van der Waals surface area contributed by atoms with Crippen LogP contribution in [0.2, 0.25) is 0 Å². The lowest BCUT2D eigenvalue weighted by Crippen LogP contribution is -2.48. The first-order valence-corrected chi connectivity index (χ1v) is 12.7. The predicted octanol–water partition coefficient (Wildman–Crippen LogP) is 6.22. The van der Waals surface area contributed by atoms with E-state index in [4.69, 9.17) is 15.9 Å². The molecule has 0 heterocycles. The molecule has 1 unspecified atom stereocenters. The van der Waals surface area contributed by atoms with Crippen LogP contribution in [0.15, 0.2) is 42.5 Å². The molecule has 34 heavy (non-hydrogen) atoms. The van der Waals surface area contributed by atoms with Gasteiger partial charge in [0.2, 0.25) is 0 Å². The molecule has 0 amide bonds. The first kappa shape index (κ1) is 27.8. The molecule has 3 rings (SSSR count). The molecule has 5 nitrogen and oxygen atoms in total. The molecule has 0 radical (unpaired) electrons. The Balaban J connectivity index is 0.000000440. The zero-order valence-electron chi connectivity index (χ0n) is 21.3. The number of carboxylic acid groups (broad SMARTS) is 2. The van der Waals surface area contributed by atoms with E-state index >= 15 is 0 Å². The van der Waals surface area contributed by atoms with Crippen LogP contribution in [-0.4, -0.2) is 28.7 Å². The summed E-state index contributed by atoms with van der Waals surface area (Å²) in [7, 11) is 0. The van der Waals surface area contributed by atoms with Crippen LogP contribution in [0, 0.1) is 11.3 Å². The maximum atomic E-state index is 9.55. The number of carbonyl (C=O) groups is 2. The molecule has 0 bridgehead atoms. The third-order valence-electron chi connectivity index (χ3n) is 7.78. The van der Waals surface area contributed by atoms with Gasteiger partial charge < -0.3 is 15.9 Å². The van der Waals surface area contributed by atoms with Gasteiger partial charge in [-0.15, -0.1) is 0 Å². The number of benzene rings is 1. The highest BCUT2D eigenvalue weighted by Crippen LogP contribution is 2.57. The minimum Gasteiger partial charge on any atom is -0.478 e. The largest absolute Gasteiger partial charge is 0.478 e. The minimum atomic E-state index is -1.26. The van der Waals surface area contributed by atoms with E-state index in [0.717, 1.165) is 18.9 Å². The van der Waals surface area contributed by atoms with E-state index in [2.05, 4.69) is 58.0 Å². The summed E-state index contributed by atoms with van der Waals surface area (Å²) in [6.45, 7) is 10.5. The van der Waals surface area contributed by atoms with Gasteiger partial charge in [0.1, 0.15) is 0 Å². The normalized spacial score (nSPS) is 26.1. The summed E-state index contributed by atoms with van der Waals surface area (Å²) < 4.78 is 0. The Kier molecular flexibility index (Phi) is 10.1. The summed E-state index contributed by atoms with van der Waals surface area (Å²) in [5, 5.41) is 15.6. The van der Waals surface area contributed by atoms with Crippen molar-refractivity contribution >= 4 is 11.9 Å². The summed E-state index contributed by atoms with van der Waals surface area (Å²) in [5.74, 6) is -1.12. The van der Waals surface area contributed by atoms with Crippen LogP contribution >= 0.6 is 0 Å². The average molecular weight is 470 g/mol. The smallest absolute Gasteiger partial charge is 0.328 e. The fraction of sp³-hybridized carbons (Fsp3) is 0.586. The Morgan fingerprint density at radius 1 is 1.12 bits per heavy atom. The van der Waals surface area contributed by atoms with Gasteiger partial charge >= 0.3 is 11.9 Å². The van der Waals surface area contributed by atoms with E-state index < -0.39 is 11.9 Å². The van der Waals surface area contributed by atoms with E-state index in [1.54, 1.807) is 11.1 Å². The molecule has 0 saturated heterocycles. The molecule has 1 aromatic carbocycles. The van der Waals surface area contributed by atoms with E-state index in [0.29, 0.717) is 28.9 Å². The number of carboxylic acids is 2. The fourth-order valence-corrected chi connectivity index (χ4v) is 6.02. The molecular formula is C29H43NO4. The molecule has 1 fully saturated rings. The number of nitrogens with two attached hydrogens (primary N) is 1. The maximum Gasteiger partial charge on any atom is 0.328 e. The van der Waals surface area contributed by atoms with Crippen LogP contribution in [0.4, 0.5) is 0 Å². The summed E-state index contributed by atoms with van der Waals surface area (Å²) >= 11 is 0. The lowest BCUT2D eigenvalue weighted by atomic mass is 9.49. The monoisotopic (exact) mass is 469 g/mol. The van der Waals surface area contributed by atoms with Gasteiger partial charge in [0.05, 0.1) is 0 Å². The van der Waals surface area contributed by atoms with Gasteiger partial charge in [-0.2, -0.15) is 0 Å². The highest BCUT2D eigenvalue weighted by Gasteiger charge is 2.50. The van der Waals surface area contributed by atoms with Crippen molar-refractivity contribution in [2.75, 3.05) is 6.54 Å². The van der Waals surface area contributed by atoms with E-state index in [-0.39, 0.29) is 0 Å². The lowest BCUT2D eigenvalue weighted by Gasteiger charge is -2.54. The van der Waals surface area contributed by atoms with Crippen LogP contribution in [0.5, 0.6) is 0 Å². The van der Waals surface area contributed by atoms with Crippen LogP contribution in [-0.2, 0) is 21.4 Å². The number of allylic oxidation sites excluding steroid dienone is 2. The third kappa shape index (κ3) is 7.05. The third-order valence-corrected chi connectivity index (χ3v) is 7.78. The molecule has 0 aromatic heterocycles. The van der Waals surface area contributed by atoms with Crippen LogP contribution in [0.25, 0.3) is 0 Å². The summed E-state index contributed by atoms with van der Waals surface area (Å²) in [6, 6.07) is 7.38. The summed E-state index contributed by atoms with van der Waals surface area (Å²) in [5.41, 5.74) is 11.1. The van der Waals surface area contributed by atoms with Gasteiger partial charge in [-0.3, -0.25) is 0 Å². The van der Waals surface area contributed by atoms with Gasteiger partial charge in [-0.1, -0.05) is 64.5 Å². The molecule has 4 N–H and O–H groups in total. The highest BCUT2D eigenvalue weighted by molar-refractivity contribution is 5.89. The molecule has 1 saturated carbocycles. The first-order chi connectivity index (χ1) is 16.0. The van der Waals surface area contributed by atoms with Crippen molar-refractivity contribution in [1.29, 1.82) is 0 Å². The number of aliphatic carboxylic acids is 2. The second-order valence-electron chi connectivity index (χ2n) is 10.6. The molecule has 0 spiro atoms. The van der Waals surface area contributed by atoms with Crippen molar-refractivity contribution in [3.8, 4) is 0 Å². The zero-order valence-corrected chi connectivity index (χ0v) is 21.3. The minimum absolute atomic E-state index is 0.345. The van der Waals surface area contributed by atoms with Crippen molar-refractivity contribution in [3.05, 3.63) is 59.2 Å². The second kappa shape index (κ2) is 12.3. The topological polar surface area (TPSA) is 101 Å². The van der Waals surface area contributed by atoms with Crippen molar-refractivity contribution in [2.45, 2.75) is 90.4 Å². The highest BCUT2D eigenvalue weighted by atomic mass is 16.4. The van der Waals surface area contributed by atoms with Crippen molar-refractivity contribution in [3.63, 3.8) is 0 Å². The van der Waals surface area contributed by atoms with Crippen LogP contribution in [0.1, 0.15) is 95.2 Å². The van der Waals surface area contributed by atoms with Gasteiger partial charge in [0.15, 0.2) is 0 Å². The van der Waals surface area contributed by atoms with Crippen molar-refractivity contribution < 1.29 is 19.8 Å². The number of hydrogen-bond donors (Lipinski definition) is 3. The Morgan fingerprint density at radius 3 is 2.38 bits per heavy atom. The Hall–Kier alpha value is -2.40. The van der Waals surface area contributed by atoms with Crippen molar-refractivity contribution in [1.82, 2.24) is 0 Å². The Labute approximate surface area is 205 Å². The number of rotatable bonds is 8. The lowest BCUT2D eigenvalue weighted by molar-refractivity contribution is -0.134. The number of unbranched alkanes of at least 4 members (excludes halogenated alkanes) is 2. The van der Waals surface area contributed by atoms with E-state index in [1.807, 2.05) is 0 Å². The molecule has 2 aliphatic rings. The molecule has 188 valence electrons. The summed E-state index contributed by atoms with van der Waals surface area (Å²) in [6.07, 6.45) is 16.4. The maximum absolute atomic E-state index is 9.55.